The van der Waals surface area contributed by atoms with Gasteiger partial charge >= 0.3 is 6.05 Å². The standard InChI is InChI=1S/C11H9ClF3N2O2P/c12-9(13)11(14,15)17-7-6-16-10(17)20(18,19)8-4-2-1-3-5-8/h1-7,9H,(H,18,19)/t9-/m0/s1. The van der Waals surface area contributed by atoms with Crippen LogP contribution < -0.4 is 10.9 Å². The van der Waals surface area contributed by atoms with Crippen molar-refractivity contribution in [3.8, 4) is 0 Å². The van der Waals surface area contributed by atoms with Gasteiger partial charge in [-0.1, -0.05) is 29.8 Å². The molecule has 2 rings (SSSR count). The molecule has 0 amide bonds. The topological polar surface area (TPSA) is 55.1 Å². The molecule has 0 saturated carbocycles. The van der Waals surface area contributed by atoms with Gasteiger partial charge in [0.05, 0.1) is 0 Å². The molecule has 1 heterocycles. The minimum absolute atomic E-state index is 0.0154. The molecule has 0 aliphatic carbocycles. The van der Waals surface area contributed by atoms with E-state index in [1.807, 2.05) is 0 Å². The Morgan fingerprint density at radius 3 is 2.50 bits per heavy atom. The number of aromatic nitrogens is 2. The Morgan fingerprint density at radius 1 is 1.35 bits per heavy atom. The van der Waals surface area contributed by atoms with Crippen molar-refractivity contribution in [2.24, 2.45) is 0 Å². The van der Waals surface area contributed by atoms with Crippen molar-refractivity contribution in [2.45, 2.75) is 11.7 Å². The zero-order valence-electron chi connectivity index (χ0n) is 9.83. The van der Waals surface area contributed by atoms with Gasteiger partial charge in [0.15, 0.2) is 0 Å². The molecule has 0 radical (unpaired) electrons. The molecule has 108 valence electrons. The Hall–Kier alpha value is -1.30. The van der Waals surface area contributed by atoms with Crippen molar-refractivity contribution in [1.82, 2.24) is 9.55 Å². The maximum atomic E-state index is 13.6. The summed E-state index contributed by atoms with van der Waals surface area (Å²) in [5.74, 6) is 0. The quantitative estimate of drug-likeness (QED) is 0.693. The Morgan fingerprint density at radius 2 is 1.95 bits per heavy atom. The number of rotatable bonds is 4. The highest BCUT2D eigenvalue weighted by molar-refractivity contribution is 7.73. The second-order valence-electron chi connectivity index (χ2n) is 3.90. The number of imidazole rings is 1. The first kappa shape index (κ1) is 15.1. The monoisotopic (exact) mass is 324 g/mol. The molecule has 0 bridgehead atoms. The predicted octanol–water partition coefficient (Wildman–Crippen LogP) is 2.19. The van der Waals surface area contributed by atoms with Crippen LogP contribution in [0.25, 0.3) is 0 Å². The fourth-order valence-electron chi connectivity index (χ4n) is 1.60. The fourth-order valence-corrected chi connectivity index (χ4v) is 3.23. The lowest BCUT2D eigenvalue weighted by Gasteiger charge is -2.21. The van der Waals surface area contributed by atoms with Crippen LogP contribution in [-0.2, 0) is 10.6 Å². The number of alkyl halides is 4. The summed E-state index contributed by atoms with van der Waals surface area (Å²) in [4.78, 5) is 13.5. The maximum absolute atomic E-state index is 13.6. The number of nitrogens with zero attached hydrogens (tertiary/aromatic N) is 2. The van der Waals surface area contributed by atoms with E-state index >= 15 is 0 Å². The lowest BCUT2D eigenvalue weighted by Crippen LogP contribution is -2.39. The minimum atomic E-state index is -4.38. The molecular weight excluding hydrogens is 316 g/mol. The molecule has 0 fully saturated rings. The zero-order valence-corrected chi connectivity index (χ0v) is 11.5. The van der Waals surface area contributed by atoms with E-state index in [-0.39, 0.29) is 9.87 Å². The van der Waals surface area contributed by atoms with Gasteiger partial charge in [0, 0.05) is 17.7 Å². The van der Waals surface area contributed by atoms with Crippen LogP contribution in [0.5, 0.6) is 0 Å². The van der Waals surface area contributed by atoms with E-state index in [0.29, 0.717) is 6.20 Å². The van der Waals surface area contributed by atoms with Crippen molar-refractivity contribution < 1.29 is 22.6 Å². The van der Waals surface area contributed by atoms with Gasteiger partial charge in [0.1, 0.15) is 0 Å². The number of hydrogen-bond acceptors (Lipinski definition) is 2. The largest absolute Gasteiger partial charge is 0.375 e. The molecule has 2 atom stereocenters. The average Bonchev–Trinajstić information content (AvgIpc) is 2.90. The van der Waals surface area contributed by atoms with Crippen LogP contribution in [0.3, 0.4) is 0 Å². The highest BCUT2D eigenvalue weighted by Crippen LogP contribution is 2.40. The summed E-state index contributed by atoms with van der Waals surface area (Å²) in [7, 11) is -4.38. The summed E-state index contributed by atoms with van der Waals surface area (Å²) < 4.78 is 52.3. The van der Waals surface area contributed by atoms with Crippen LogP contribution in [0, 0.1) is 0 Å². The first-order valence-electron chi connectivity index (χ1n) is 5.36. The van der Waals surface area contributed by atoms with E-state index in [1.165, 1.54) is 24.3 Å². The Labute approximate surface area is 117 Å². The zero-order chi connectivity index (χ0) is 15.0. The lowest BCUT2D eigenvalue weighted by atomic mass is 10.4. The van der Waals surface area contributed by atoms with Gasteiger partial charge in [-0.25, -0.2) is 9.37 Å². The summed E-state index contributed by atoms with van der Waals surface area (Å²) >= 11 is 4.79. The summed E-state index contributed by atoms with van der Waals surface area (Å²) in [5.41, 5.74) is -3.89. The smallest absolute Gasteiger partial charge is 0.336 e. The SMILES string of the molecule is O=P(O)(c1ccccc1)c1nccn1C(F)(F)[C@H](F)Cl. The van der Waals surface area contributed by atoms with Gasteiger partial charge in [-0.05, 0) is 12.1 Å². The molecule has 0 aliphatic rings. The molecular formula is C11H9ClF3N2O2P. The van der Waals surface area contributed by atoms with Gasteiger partial charge in [-0.15, -0.1) is 0 Å². The van der Waals surface area contributed by atoms with E-state index in [1.54, 1.807) is 6.07 Å². The van der Waals surface area contributed by atoms with Crippen LogP contribution in [0.2, 0.25) is 0 Å². The van der Waals surface area contributed by atoms with Crippen LogP contribution in [0.15, 0.2) is 42.7 Å². The number of benzene rings is 1. The second-order valence-corrected chi connectivity index (χ2v) is 6.35. The highest BCUT2D eigenvalue weighted by atomic mass is 35.5. The first-order chi connectivity index (χ1) is 9.28. The van der Waals surface area contributed by atoms with Gasteiger partial charge in [-0.2, -0.15) is 8.78 Å². The van der Waals surface area contributed by atoms with Crippen LogP contribution in [-0.4, -0.2) is 20.1 Å². The Balaban J connectivity index is 2.56. The molecule has 0 spiro atoms. The second kappa shape index (κ2) is 5.24. The van der Waals surface area contributed by atoms with E-state index in [4.69, 9.17) is 11.6 Å². The Kier molecular flexibility index (Phi) is 3.95. The van der Waals surface area contributed by atoms with Crippen molar-refractivity contribution >= 4 is 29.8 Å². The number of hydrogen-bond donors (Lipinski definition) is 1. The molecule has 4 nitrogen and oxygen atoms in total. The normalized spacial score (nSPS) is 16.6. The van der Waals surface area contributed by atoms with Crippen molar-refractivity contribution in [3.63, 3.8) is 0 Å². The summed E-state index contributed by atoms with van der Waals surface area (Å²) in [6.45, 7) is 0. The maximum Gasteiger partial charge on any atom is 0.375 e. The molecule has 1 aromatic heterocycles. The fraction of sp³-hybridized carbons (Fsp3) is 0.182. The first-order valence-corrected chi connectivity index (χ1v) is 7.46. The molecule has 0 aliphatic heterocycles. The third-order valence-corrected chi connectivity index (χ3v) is 4.72. The van der Waals surface area contributed by atoms with Crippen molar-refractivity contribution in [3.05, 3.63) is 42.7 Å². The molecule has 1 N–H and O–H groups in total. The van der Waals surface area contributed by atoms with Crippen LogP contribution in [0.1, 0.15) is 0 Å². The number of halogens is 4. The van der Waals surface area contributed by atoms with Crippen molar-refractivity contribution in [1.29, 1.82) is 0 Å². The average molecular weight is 325 g/mol. The Bertz CT molecular complexity index is 648. The van der Waals surface area contributed by atoms with E-state index in [9.17, 15) is 22.6 Å². The van der Waals surface area contributed by atoms with Gasteiger partial charge in [0.25, 0.3) is 13.0 Å². The van der Waals surface area contributed by atoms with Crippen LogP contribution >= 0.6 is 19.0 Å². The van der Waals surface area contributed by atoms with Gasteiger partial charge in [0.2, 0.25) is 5.57 Å². The lowest BCUT2D eigenvalue weighted by molar-refractivity contribution is -0.113. The van der Waals surface area contributed by atoms with Gasteiger partial charge < -0.3 is 4.89 Å². The predicted molar refractivity (Wildman–Crippen MR) is 68.7 cm³/mol. The molecule has 0 saturated heterocycles. The molecule has 20 heavy (non-hydrogen) atoms. The van der Waals surface area contributed by atoms with Gasteiger partial charge in [-0.3, -0.25) is 9.13 Å². The summed E-state index contributed by atoms with van der Waals surface area (Å²) in [6.07, 6.45) is 1.59. The summed E-state index contributed by atoms with van der Waals surface area (Å²) in [5, 5.41) is -0.0896. The molecule has 1 aromatic carbocycles. The van der Waals surface area contributed by atoms with Crippen molar-refractivity contribution in [2.75, 3.05) is 0 Å². The molecule has 1 unspecified atom stereocenters. The van der Waals surface area contributed by atoms with Crippen LogP contribution in [0.4, 0.5) is 13.2 Å². The third-order valence-electron chi connectivity index (χ3n) is 2.58. The highest BCUT2D eigenvalue weighted by Gasteiger charge is 2.45. The third kappa shape index (κ3) is 2.49. The van der Waals surface area contributed by atoms with E-state index in [2.05, 4.69) is 4.98 Å². The summed E-state index contributed by atoms with van der Waals surface area (Å²) in [6, 6.07) is 2.96. The molecule has 2 aromatic rings. The molecule has 9 heteroatoms. The van der Waals surface area contributed by atoms with E-state index < -0.39 is 24.6 Å². The minimum Gasteiger partial charge on any atom is -0.336 e. The van der Waals surface area contributed by atoms with E-state index in [0.717, 1.165) is 6.20 Å².